The first-order valence-electron chi connectivity index (χ1n) is 5.46. The van der Waals surface area contributed by atoms with Gasteiger partial charge in [-0.1, -0.05) is 0 Å². The number of halogens is 7. The fourth-order valence-corrected chi connectivity index (χ4v) is 1.81. The number of carbonyl (C=O) groups excluding carboxylic acids is 1. The van der Waals surface area contributed by atoms with Crippen LogP contribution < -0.4 is 4.74 Å². The van der Waals surface area contributed by atoms with Crippen LogP contribution in [0.25, 0.3) is 0 Å². The molecule has 0 bridgehead atoms. The highest BCUT2D eigenvalue weighted by atomic mass is 35.5. The molecule has 0 aromatic carbocycles. The Bertz CT molecular complexity index is 558. The maximum Gasteiger partial charge on any atom is 0.573 e. The second-order valence-corrected chi connectivity index (χ2v) is 4.14. The van der Waals surface area contributed by atoms with Gasteiger partial charge in [0.1, 0.15) is 0 Å². The van der Waals surface area contributed by atoms with Crippen molar-refractivity contribution in [3.8, 4) is 5.75 Å². The van der Waals surface area contributed by atoms with Gasteiger partial charge in [-0.15, -0.1) is 24.8 Å². The van der Waals surface area contributed by atoms with E-state index in [0.717, 1.165) is 7.11 Å². The highest BCUT2D eigenvalue weighted by Gasteiger charge is 2.42. The van der Waals surface area contributed by atoms with Crippen LogP contribution in [0.4, 0.5) is 26.3 Å². The lowest BCUT2D eigenvalue weighted by Gasteiger charge is -2.19. The standard InChI is InChI=1S/C11H8ClF6NO3/c1-21-7(20)2-5-4-19-9(10(13,14)15)8(6(5)3-12)22-11(16,17)18/h4H,2-3H2,1H3. The van der Waals surface area contributed by atoms with Gasteiger partial charge in [-0.05, 0) is 5.56 Å². The number of nitrogens with zero attached hydrogens (tertiary/aromatic N) is 1. The first kappa shape index (κ1) is 18.3. The second kappa shape index (κ2) is 6.59. The maximum atomic E-state index is 12.8. The molecule has 0 aliphatic rings. The molecule has 11 heteroatoms. The number of alkyl halides is 7. The zero-order chi connectivity index (χ0) is 17.1. The van der Waals surface area contributed by atoms with E-state index in [2.05, 4.69) is 14.5 Å². The minimum atomic E-state index is -5.38. The Morgan fingerprint density at radius 1 is 1.27 bits per heavy atom. The molecule has 0 saturated carbocycles. The van der Waals surface area contributed by atoms with Crippen molar-refractivity contribution in [2.24, 2.45) is 0 Å². The molecule has 0 unspecified atom stereocenters. The summed E-state index contributed by atoms with van der Waals surface area (Å²) in [5.74, 6) is -3.20. The predicted octanol–water partition coefficient (Wildman–Crippen LogP) is 3.45. The van der Waals surface area contributed by atoms with Crippen molar-refractivity contribution < 1.29 is 40.6 Å². The quantitative estimate of drug-likeness (QED) is 0.473. The van der Waals surface area contributed by atoms with E-state index in [1.54, 1.807) is 0 Å². The Morgan fingerprint density at radius 2 is 1.86 bits per heavy atom. The number of pyridine rings is 1. The van der Waals surface area contributed by atoms with Crippen molar-refractivity contribution in [3.63, 3.8) is 0 Å². The average molecular weight is 352 g/mol. The molecule has 0 aliphatic carbocycles. The van der Waals surface area contributed by atoms with Crippen molar-refractivity contribution in [2.75, 3.05) is 7.11 Å². The lowest BCUT2D eigenvalue weighted by Crippen LogP contribution is -2.23. The van der Waals surface area contributed by atoms with Crippen LogP contribution in [0.1, 0.15) is 16.8 Å². The second-order valence-electron chi connectivity index (χ2n) is 3.87. The van der Waals surface area contributed by atoms with E-state index < -0.39 is 47.8 Å². The van der Waals surface area contributed by atoms with E-state index in [9.17, 15) is 31.1 Å². The molecule has 0 spiro atoms. The molecule has 1 rings (SSSR count). The number of hydrogen-bond donors (Lipinski definition) is 0. The van der Waals surface area contributed by atoms with Gasteiger partial charge in [0.05, 0.1) is 19.4 Å². The Hall–Kier alpha value is -1.71. The van der Waals surface area contributed by atoms with Crippen LogP contribution in [-0.2, 0) is 28.0 Å². The molecular weight excluding hydrogens is 344 g/mol. The summed E-state index contributed by atoms with van der Waals surface area (Å²) in [4.78, 5) is 14.1. The minimum absolute atomic E-state index is 0.255. The molecule has 0 saturated heterocycles. The Morgan fingerprint density at radius 3 is 2.27 bits per heavy atom. The molecular formula is C11H8ClF6NO3. The molecule has 0 fully saturated rings. The van der Waals surface area contributed by atoms with Gasteiger partial charge in [0.2, 0.25) is 0 Å². The van der Waals surface area contributed by atoms with Gasteiger partial charge < -0.3 is 9.47 Å². The normalized spacial score (nSPS) is 12.2. The molecule has 1 aromatic heterocycles. The van der Waals surface area contributed by atoms with E-state index in [0.29, 0.717) is 6.20 Å². The Balaban J connectivity index is 3.48. The number of aromatic nitrogens is 1. The van der Waals surface area contributed by atoms with Gasteiger partial charge >= 0.3 is 18.5 Å². The third kappa shape index (κ3) is 4.65. The number of rotatable bonds is 4. The van der Waals surface area contributed by atoms with Gasteiger partial charge in [-0.3, -0.25) is 4.79 Å². The molecule has 1 aromatic rings. The summed E-state index contributed by atoms with van der Waals surface area (Å²) in [6.07, 6.45) is -10.6. The fraction of sp³-hybridized carbons (Fsp3) is 0.455. The number of methoxy groups -OCH3 is 1. The van der Waals surface area contributed by atoms with Gasteiger partial charge in [-0.25, -0.2) is 4.98 Å². The monoisotopic (exact) mass is 351 g/mol. The van der Waals surface area contributed by atoms with Crippen LogP contribution in [-0.4, -0.2) is 24.4 Å². The van der Waals surface area contributed by atoms with Crippen LogP contribution in [0.15, 0.2) is 6.20 Å². The van der Waals surface area contributed by atoms with E-state index in [1.807, 2.05) is 0 Å². The van der Waals surface area contributed by atoms with Gasteiger partial charge in [0.15, 0.2) is 11.4 Å². The lowest BCUT2D eigenvalue weighted by atomic mass is 10.1. The largest absolute Gasteiger partial charge is 0.573 e. The van der Waals surface area contributed by atoms with Crippen molar-refractivity contribution >= 4 is 17.6 Å². The van der Waals surface area contributed by atoms with Gasteiger partial charge in [-0.2, -0.15) is 13.2 Å². The molecule has 4 nitrogen and oxygen atoms in total. The van der Waals surface area contributed by atoms with E-state index in [4.69, 9.17) is 11.6 Å². The summed E-state index contributed by atoms with van der Waals surface area (Å²) in [5, 5.41) is 0. The zero-order valence-corrected chi connectivity index (χ0v) is 11.6. The van der Waals surface area contributed by atoms with Crippen molar-refractivity contribution in [2.45, 2.75) is 24.8 Å². The lowest BCUT2D eigenvalue weighted by molar-refractivity contribution is -0.276. The molecule has 0 aliphatic heterocycles. The van der Waals surface area contributed by atoms with Crippen LogP contribution in [0.3, 0.4) is 0 Å². The van der Waals surface area contributed by atoms with Crippen LogP contribution in [0.5, 0.6) is 5.75 Å². The summed E-state index contributed by atoms with van der Waals surface area (Å²) < 4.78 is 83.0. The van der Waals surface area contributed by atoms with Gasteiger partial charge in [0.25, 0.3) is 0 Å². The van der Waals surface area contributed by atoms with Crippen LogP contribution >= 0.6 is 11.6 Å². The molecule has 0 N–H and O–H groups in total. The fourth-order valence-electron chi connectivity index (χ4n) is 1.52. The highest BCUT2D eigenvalue weighted by molar-refractivity contribution is 6.17. The molecule has 1 heterocycles. The molecule has 0 atom stereocenters. The van der Waals surface area contributed by atoms with Crippen LogP contribution in [0.2, 0.25) is 0 Å². The van der Waals surface area contributed by atoms with E-state index in [1.165, 1.54) is 0 Å². The molecule has 22 heavy (non-hydrogen) atoms. The zero-order valence-electron chi connectivity index (χ0n) is 10.8. The summed E-state index contributed by atoms with van der Waals surface area (Å²) in [6.45, 7) is 0. The first-order valence-corrected chi connectivity index (χ1v) is 5.99. The first-order chi connectivity index (χ1) is 9.99. The smallest absolute Gasteiger partial charge is 0.469 e. The predicted molar refractivity (Wildman–Crippen MR) is 61.2 cm³/mol. The average Bonchev–Trinajstić information content (AvgIpc) is 2.35. The highest BCUT2D eigenvalue weighted by Crippen LogP contribution is 2.40. The summed E-state index contributed by atoms with van der Waals surface area (Å²) in [5.41, 5.74) is -2.77. The summed E-state index contributed by atoms with van der Waals surface area (Å²) in [6, 6.07) is 0. The third-order valence-electron chi connectivity index (χ3n) is 2.41. The molecule has 0 radical (unpaired) electrons. The van der Waals surface area contributed by atoms with E-state index >= 15 is 0 Å². The van der Waals surface area contributed by atoms with Crippen molar-refractivity contribution in [3.05, 3.63) is 23.0 Å². The number of ether oxygens (including phenoxy) is 2. The third-order valence-corrected chi connectivity index (χ3v) is 2.68. The molecule has 0 amide bonds. The van der Waals surface area contributed by atoms with E-state index in [-0.39, 0.29) is 5.56 Å². The molecule has 124 valence electrons. The van der Waals surface area contributed by atoms with Crippen molar-refractivity contribution in [1.82, 2.24) is 4.98 Å². The maximum absolute atomic E-state index is 12.8. The Labute approximate surface area is 125 Å². The topological polar surface area (TPSA) is 48.4 Å². The summed E-state index contributed by atoms with van der Waals surface area (Å²) in [7, 11) is 1.01. The number of hydrogen-bond acceptors (Lipinski definition) is 4. The van der Waals surface area contributed by atoms with Crippen LogP contribution in [0, 0.1) is 0 Å². The number of esters is 1. The SMILES string of the molecule is COC(=O)Cc1cnc(C(F)(F)F)c(OC(F)(F)F)c1CCl. The van der Waals surface area contributed by atoms with Gasteiger partial charge in [0, 0.05) is 11.8 Å². The number of carbonyl (C=O) groups is 1. The Kier molecular flexibility index (Phi) is 5.49. The summed E-state index contributed by atoms with van der Waals surface area (Å²) >= 11 is 5.42. The minimum Gasteiger partial charge on any atom is -0.469 e. The van der Waals surface area contributed by atoms with Crippen molar-refractivity contribution in [1.29, 1.82) is 0 Å².